The third-order valence-electron chi connectivity index (χ3n) is 3.59. The van der Waals surface area contributed by atoms with Crippen molar-refractivity contribution < 1.29 is 4.74 Å². The van der Waals surface area contributed by atoms with Crippen LogP contribution in [0.4, 0.5) is 0 Å². The molecule has 1 aliphatic rings. The van der Waals surface area contributed by atoms with Crippen molar-refractivity contribution in [3.8, 4) is 0 Å². The maximum Gasteiger partial charge on any atom is 0.191 e. The van der Waals surface area contributed by atoms with Gasteiger partial charge in [-0.05, 0) is 24.6 Å². The van der Waals surface area contributed by atoms with Gasteiger partial charge in [-0.25, -0.2) is 0 Å². The van der Waals surface area contributed by atoms with E-state index in [1.54, 1.807) is 13.1 Å². The molecule has 4 nitrogen and oxygen atoms in total. The quantitative estimate of drug-likeness (QED) is 0.409. The molecule has 7 heteroatoms. The lowest BCUT2D eigenvalue weighted by atomic mass is 9.89. The van der Waals surface area contributed by atoms with Crippen LogP contribution < -0.4 is 10.6 Å². The van der Waals surface area contributed by atoms with Gasteiger partial charge in [0.2, 0.25) is 0 Å². The van der Waals surface area contributed by atoms with E-state index in [0.29, 0.717) is 10.0 Å². The Labute approximate surface area is 159 Å². The number of halogens is 3. The molecule has 1 aromatic carbocycles. The lowest BCUT2D eigenvalue weighted by Gasteiger charge is -2.38. The summed E-state index contributed by atoms with van der Waals surface area (Å²) in [6.45, 7) is 6.63. The molecular formula is C15H22Cl2IN3O. The highest BCUT2D eigenvalue weighted by molar-refractivity contribution is 14.0. The van der Waals surface area contributed by atoms with E-state index in [-0.39, 0.29) is 35.4 Å². The highest BCUT2D eigenvalue weighted by Crippen LogP contribution is 2.27. The summed E-state index contributed by atoms with van der Waals surface area (Å²) in [6.07, 6.45) is 0. The lowest BCUT2D eigenvalue weighted by Crippen LogP contribution is -2.51. The molecule has 22 heavy (non-hydrogen) atoms. The van der Waals surface area contributed by atoms with Crippen molar-refractivity contribution in [2.45, 2.75) is 19.9 Å². The Kier molecular flexibility index (Phi) is 7.71. The van der Waals surface area contributed by atoms with E-state index in [9.17, 15) is 0 Å². The van der Waals surface area contributed by atoms with Gasteiger partial charge in [-0.15, -0.1) is 24.0 Å². The molecule has 0 aliphatic carbocycles. The number of aliphatic imine (C=N–C) groups is 1. The molecule has 1 unspecified atom stereocenters. The second-order valence-electron chi connectivity index (χ2n) is 5.76. The summed E-state index contributed by atoms with van der Waals surface area (Å²) in [5, 5.41) is 7.95. The molecule has 124 valence electrons. The Morgan fingerprint density at radius 2 is 2.09 bits per heavy atom. The predicted octanol–water partition coefficient (Wildman–Crippen LogP) is 3.87. The van der Waals surface area contributed by atoms with Gasteiger partial charge in [-0.2, -0.15) is 0 Å². The number of nitrogens with zero attached hydrogens (tertiary/aromatic N) is 1. The number of ether oxygens (including phenoxy) is 1. The number of benzene rings is 1. The van der Waals surface area contributed by atoms with Gasteiger partial charge in [0.15, 0.2) is 5.96 Å². The first-order valence-electron chi connectivity index (χ1n) is 6.93. The molecule has 0 bridgehead atoms. The summed E-state index contributed by atoms with van der Waals surface area (Å²) in [5.41, 5.74) is 1.18. The number of rotatable bonds is 4. The van der Waals surface area contributed by atoms with Crippen molar-refractivity contribution in [3.05, 3.63) is 33.8 Å². The predicted molar refractivity (Wildman–Crippen MR) is 104 cm³/mol. The fourth-order valence-corrected chi connectivity index (χ4v) is 2.75. The topological polar surface area (TPSA) is 45.7 Å². The molecule has 1 atom stereocenters. The van der Waals surface area contributed by atoms with Crippen LogP contribution in [-0.2, 0) is 4.74 Å². The highest BCUT2D eigenvalue weighted by Gasteiger charge is 2.33. The highest BCUT2D eigenvalue weighted by atomic mass is 127. The van der Waals surface area contributed by atoms with E-state index in [1.165, 1.54) is 0 Å². The number of nitrogens with one attached hydrogen (secondary N) is 2. The van der Waals surface area contributed by atoms with Gasteiger partial charge in [0, 0.05) is 29.1 Å². The summed E-state index contributed by atoms with van der Waals surface area (Å²) >= 11 is 12.2. The van der Waals surface area contributed by atoms with Crippen molar-refractivity contribution >= 4 is 53.1 Å². The van der Waals surface area contributed by atoms with Crippen LogP contribution in [0.25, 0.3) is 0 Å². The van der Waals surface area contributed by atoms with Crippen LogP contribution in [0.3, 0.4) is 0 Å². The van der Waals surface area contributed by atoms with Crippen LogP contribution in [-0.4, -0.2) is 32.8 Å². The molecule has 1 aromatic rings. The summed E-state index contributed by atoms with van der Waals surface area (Å²) in [7, 11) is 1.76. The van der Waals surface area contributed by atoms with Crippen LogP contribution >= 0.6 is 47.2 Å². The van der Waals surface area contributed by atoms with Crippen molar-refractivity contribution in [1.29, 1.82) is 0 Å². The van der Waals surface area contributed by atoms with Gasteiger partial charge in [0.1, 0.15) is 0 Å². The van der Waals surface area contributed by atoms with Crippen molar-refractivity contribution in [2.75, 3.05) is 26.8 Å². The van der Waals surface area contributed by atoms with Crippen LogP contribution in [0.15, 0.2) is 23.2 Å². The molecule has 2 rings (SSSR count). The summed E-state index contributed by atoms with van der Waals surface area (Å²) < 4.78 is 5.25. The molecule has 1 aliphatic heterocycles. The molecule has 0 saturated carbocycles. The monoisotopic (exact) mass is 457 g/mol. The fraction of sp³-hybridized carbons (Fsp3) is 0.533. The van der Waals surface area contributed by atoms with E-state index in [2.05, 4.69) is 22.5 Å². The van der Waals surface area contributed by atoms with E-state index < -0.39 is 0 Å². The Hall–Kier alpha value is -0.240. The zero-order chi connectivity index (χ0) is 15.5. The Morgan fingerprint density at radius 1 is 1.41 bits per heavy atom. The summed E-state index contributed by atoms with van der Waals surface area (Å²) in [4.78, 5) is 4.25. The van der Waals surface area contributed by atoms with Gasteiger partial charge in [0.25, 0.3) is 0 Å². The summed E-state index contributed by atoms with van der Waals surface area (Å²) in [6, 6.07) is 5.55. The number of hydrogen-bond acceptors (Lipinski definition) is 2. The molecule has 1 saturated heterocycles. The lowest BCUT2D eigenvalue weighted by molar-refractivity contribution is -0.0971. The SMILES string of the molecule is CN=C(NCC1(C)COC1)NC(C)c1ccc(Cl)cc1Cl.I. The fourth-order valence-electron chi connectivity index (χ4n) is 2.18. The molecule has 1 fully saturated rings. The minimum absolute atomic E-state index is 0. The van der Waals surface area contributed by atoms with E-state index in [1.807, 2.05) is 19.1 Å². The standard InChI is InChI=1S/C15H21Cl2N3O.HI/c1-10(12-5-4-11(16)6-13(12)17)20-14(18-3)19-7-15(2)8-21-9-15;/h4-6,10H,7-9H2,1-3H3,(H2,18,19,20);1H. The van der Waals surface area contributed by atoms with Gasteiger partial charge in [-0.3, -0.25) is 4.99 Å². The number of guanidine groups is 1. The van der Waals surface area contributed by atoms with Crippen LogP contribution in [0, 0.1) is 5.41 Å². The maximum absolute atomic E-state index is 6.23. The Morgan fingerprint density at radius 3 is 2.59 bits per heavy atom. The van der Waals surface area contributed by atoms with Gasteiger partial charge < -0.3 is 15.4 Å². The van der Waals surface area contributed by atoms with Crippen LogP contribution in [0.1, 0.15) is 25.5 Å². The zero-order valence-electron chi connectivity index (χ0n) is 13.0. The smallest absolute Gasteiger partial charge is 0.191 e. The molecule has 0 amide bonds. The van der Waals surface area contributed by atoms with Crippen molar-refractivity contribution in [3.63, 3.8) is 0 Å². The first kappa shape index (κ1) is 19.8. The molecule has 0 aromatic heterocycles. The Balaban J connectivity index is 0.00000242. The normalized spacial score (nSPS) is 18.0. The second kappa shape index (κ2) is 8.57. The molecule has 2 N–H and O–H groups in total. The minimum Gasteiger partial charge on any atom is -0.380 e. The minimum atomic E-state index is 0. The van der Waals surface area contributed by atoms with E-state index >= 15 is 0 Å². The molecule has 1 heterocycles. The van der Waals surface area contributed by atoms with E-state index in [0.717, 1.165) is 31.3 Å². The molecule has 0 spiro atoms. The number of hydrogen-bond donors (Lipinski definition) is 2. The zero-order valence-corrected chi connectivity index (χ0v) is 16.8. The van der Waals surface area contributed by atoms with Gasteiger partial charge >= 0.3 is 0 Å². The van der Waals surface area contributed by atoms with E-state index in [4.69, 9.17) is 27.9 Å². The van der Waals surface area contributed by atoms with Gasteiger partial charge in [-0.1, -0.05) is 36.2 Å². The van der Waals surface area contributed by atoms with Crippen LogP contribution in [0.2, 0.25) is 10.0 Å². The first-order chi connectivity index (χ1) is 9.93. The van der Waals surface area contributed by atoms with Gasteiger partial charge in [0.05, 0.1) is 19.3 Å². The largest absolute Gasteiger partial charge is 0.380 e. The first-order valence-corrected chi connectivity index (χ1v) is 7.69. The third kappa shape index (κ3) is 5.15. The third-order valence-corrected chi connectivity index (χ3v) is 4.15. The second-order valence-corrected chi connectivity index (χ2v) is 6.60. The Bertz CT molecular complexity index is 536. The molecule has 0 radical (unpaired) electrons. The average molecular weight is 458 g/mol. The van der Waals surface area contributed by atoms with Crippen molar-refractivity contribution in [2.24, 2.45) is 10.4 Å². The molecular weight excluding hydrogens is 436 g/mol. The summed E-state index contributed by atoms with van der Waals surface area (Å²) in [5.74, 6) is 0.752. The maximum atomic E-state index is 6.23. The van der Waals surface area contributed by atoms with Crippen LogP contribution in [0.5, 0.6) is 0 Å². The van der Waals surface area contributed by atoms with Crippen molar-refractivity contribution in [1.82, 2.24) is 10.6 Å². The average Bonchev–Trinajstić information content (AvgIpc) is 2.41.